The van der Waals surface area contributed by atoms with E-state index in [1.54, 1.807) is 0 Å². The molecule has 0 aliphatic carbocycles. The maximum Gasteiger partial charge on any atom is 0.361 e. The maximum absolute atomic E-state index is 12.9. The quantitative estimate of drug-likeness (QED) is 0.0211. The SMILES string of the molecule is CC/C=C\C/C=C\C/C=C\C/C=C\C/C=C\C/C=C\C/C=C\CCCCCCCCCCCCCC(=O)OC(COC(=O)CCCCCCCCCCCCC/C=C\CCCCCCCCCC)COC(OCC[N+](C)(C)C)C(=O)O. The molecule has 2 unspecified atom stereocenters. The fourth-order valence-corrected chi connectivity index (χ4v) is 9.23. The van der Waals surface area contributed by atoms with Crippen LogP contribution >= 0.6 is 0 Å². The van der Waals surface area contributed by atoms with Gasteiger partial charge in [-0.1, -0.05) is 272 Å². The van der Waals surface area contributed by atoms with Crippen molar-refractivity contribution < 1.29 is 42.9 Å². The molecule has 0 saturated carbocycles. The number of unbranched alkanes of at least 4 members (excludes halogenated alkanes) is 30. The van der Waals surface area contributed by atoms with Crippen LogP contribution in [0.3, 0.4) is 0 Å². The first-order valence-corrected chi connectivity index (χ1v) is 33.4. The van der Waals surface area contributed by atoms with E-state index in [1.165, 1.54) is 161 Å². The normalized spacial score (nSPS) is 13.3. The van der Waals surface area contributed by atoms with Crippen molar-refractivity contribution in [3.63, 3.8) is 0 Å². The number of carboxylic acid groups (broad SMARTS) is 1. The second-order valence-electron chi connectivity index (χ2n) is 23.4. The van der Waals surface area contributed by atoms with Gasteiger partial charge in [-0.2, -0.15) is 0 Å². The number of carbonyl (C=O) groups is 3. The summed E-state index contributed by atoms with van der Waals surface area (Å²) in [5.74, 6) is -2.01. The number of nitrogens with zero attached hydrogens (tertiary/aromatic N) is 1. The topological polar surface area (TPSA) is 108 Å². The van der Waals surface area contributed by atoms with E-state index in [9.17, 15) is 19.5 Å². The van der Waals surface area contributed by atoms with Crippen molar-refractivity contribution >= 4 is 17.9 Å². The Morgan fingerprint density at radius 2 is 0.704 bits per heavy atom. The summed E-state index contributed by atoms with van der Waals surface area (Å²) in [4.78, 5) is 37.6. The van der Waals surface area contributed by atoms with E-state index < -0.39 is 24.3 Å². The zero-order valence-electron chi connectivity index (χ0n) is 53.2. The van der Waals surface area contributed by atoms with Gasteiger partial charge in [0.15, 0.2) is 6.10 Å². The van der Waals surface area contributed by atoms with Crippen LogP contribution in [0.2, 0.25) is 0 Å². The Morgan fingerprint density at radius 3 is 1.06 bits per heavy atom. The Hall–Kier alpha value is -3.79. The summed E-state index contributed by atoms with van der Waals surface area (Å²) in [5.41, 5.74) is 0. The third-order valence-corrected chi connectivity index (χ3v) is 14.3. The molecule has 0 aromatic heterocycles. The highest BCUT2D eigenvalue weighted by Crippen LogP contribution is 2.17. The molecule has 0 amide bonds. The number of carboxylic acids is 1. The number of rotatable bonds is 61. The number of esters is 2. The van der Waals surface area contributed by atoms with Crippen LogP contribution in [-0.4, -0.2) is 87.4 Å². The Morgan fingerprint density at radius 1 is 0.383 bits per heavy atom. The average molecular weight is 1130 g/mol. The molecule has 1 N–H and O–H groups in total. The van der Waals surface area contributed by atoms with Crippen LogP contribution in [0.1, 0.15) is 284 Å². The molecular formula is C72H126NO8+. The molecule has 9 nitrogen and oxygen atoms in total. The van der Waals surface area contributed by atoms with Crippen LogP contribution in [0.4, 0.5) is 0 Å². The maximum atomic E-state index is 12.9. The van der Waals surface area contributed by atoms with Gasteiger partial charge in [0.25, 0.3) is 6.29 Å². The van der Waals surface area contributed by atoms with Crippen molar-refractivity contribution in [3.05, 3.63) is 97.2 Å². The molecule has 0 bridgehead atoms. The predicted molar refractivity (Wildman–Crippen MR) is 345 cm³/mol. The largest absolute Gasteiger partial charge is 0.477 e. The molecule has 0 aliphatic rings. The lowest BCUT2D eigenvalue weighted by Gasteiger charge is -2.25. The Kier molecular flexibility index (Phi) is 59.3. The minimum Gasteiger partial charge on any atom is -0.477 e. The first-order valence-electron chi connectivity index (χ1n) is 33.4. The standard InChI is InChI=1S/C72H125NO8/c1-6-8-10-12-14-16-18-20-22-24-26-28-30-31-32-33-34-35-36-37-38-39-41-43-45-47-49-51-53-55-57-59-61-63-70(75)81-68(67-80-72(71(76)77)78-65-64-73(3,4)5)66-79-69(74)62-60-58-56-54-52-50-48-46-44-42-40-29-27-25-23-21-19-17-15-13-11-9-7-2/h8,10,14,16,20,22,25-28,31-32,34-35,37-38,68,72H,6-7,9,11-13,15,17-19,21,23-24,29-30,33,36,39-67H2,1-5H3/p+1/b10-8-,16-14-,22-20-,27-25-,28-26-,32-31-,35-34-,38-37-. The second kappa shape index (κ2) is 62.3. The third kappa shape index (κ3) is 63.6. The zero-order chi connectivity index (χ0) is 59.1. The molecule has 0 spiro atoms. The van der Waals surface area contributed by atoms with Crippen LogP contribution in [-0.2, 0) is 33.3 Å². The van der Waals surface area contributed by atoms with Crippen molar-refractivity contribution in [3.8, 4) is 0 Å². The fourth-order valence-electron chi connectivity index (χ4n) is 9.23. The first kappa shape index (κ1) is 77.2. The Labute approximate surface area is 499 Å². The molecule has 0 heterocycles. The Balaban J connectivity index is 4.17. The highest BCUT2D eigenvalue weighted by molar-refractivity contribution is 5.71. The van der Waals surface area contributed by atoms with Gasteiger partial charge in [-0.25, -0.2) is 4.79 Å². The molecule has 0 aromatic carbocycles. The number of allylic oxidation sites excluding steroid dienone is 16. The van der Waals surface area contributed by atoms with Gasteiger partial charge in [0.1, 0.15) is 13.2 Å². The number of hydrogen-bond donors (Lipinski definition) is 1. The molecular weight excluding hydrogens is 1010 g/mol. The van der Waals surface area contributed by atoms with Crippen LogP contribution in [0.5, 0.6) is 0 Å². The number of quaternary nitrogens is 1. The smallest absolute Gasteiger partial charge is 0.361 e. The highest BCUT2D eigenvalue weighted by Gasteiger charge is 2.25. The summed E-state index contributed by atoms with van der Waals surface area (Å²) in [5, 5.41) is 9.74. The van der Waals surface area contributed by atoms with Gasteiger partial charge >= 0.3 is 17.9 Å². The second-order valence-corrected chi connectivity index (χ2v) is 23.4. The minimum atomic E-state index is -1.52. The van der Waals surface area contributed by atoms with Crippen molar-refractivity contribution in [1.29, 1.82) is 0 Å². The lowest BCUT2D eigenvalue weighted by Crippen LogP contribution is -2.40. The van der Waals surface area contributed by atoms with Crippen molar-refractivity contribution in [2.75, 3.05) is 47.5 Å². The number of likely N-dealkylation sites (N-methyl/N-ethyl adjacent to an activating group) is 1. The van der Waals surface area contributed by atoms with E-state index in [1.807, 2.05) is 21.1 Å². The molecule has 0 aliphatic heterocycles. The van der Waals surface area contributed by atoms with Gasteiger partial charge in [0.05, 0.1) is 34.4 Å². The number of hydrogen-bond acceptors (Lipinski definition) is 7. The van der Waals surface area contributed by atoms with Crippen molar-refractivity contribution in [1.82, 2.24) is 0 Å². The molecule has 0 fully saturated rings. The van der Waals surface area contributed by atoms with Crippen LogP contribution in [0, 0.1) is 0 Å². The highest BCUT2D eigenvalue weighted by atomic mass is 16.7. The summed E-state index contributed by atoms with van der Waals surface area (Å²) in [6.45, 7) is 4.78. The van der Waals surface area contributed by atoms with E-state index in [0.717, 1.165) is 89.9 Å². The molecule has 9 heteroatoms. The predicted octanol–water partition coefficient (Wildman–Crippen LogP) is 20.5. The summed E-state index contributed by atoms with van der Waals surface area (Å²) >= 11 is 0. The zero-order valence-corrected chi connectivity index (χ0v) is 53.2. The van der Waals surface area contributed by atoms with Crippen LogP contribution in [0.15, 0.2) is 97.2 Å². The van der Waals surface area contributed by atoms with Crippen LogP contribution < -0.4 is 0 Å². The summed E-state index contributed by atoms with van der Waals surface area (Å²) in [6.07, 6.45) is 82.1. The van der Waals surface area contributed by atoms with E-state index in [2.05, 4.69) is 111 Å². The van der Waals surface area contributed by atoms with Gasteiger partial charge in [-0.15, -0.1) is 0 Å². The van der Waals surface area contributed by atoms with Gasteiger partial charge in [-0.05, 0) is 96.3 Å². The third-order valence-electron chi connectivity index (χ3n) is 14.3. The molecule has 0 radical (unpaired) electrons. The Bertz CT molecular complexity index is 1650. The molecule has 2 atom stereocenters. The first-order chi connectivity index (χ1) is 39.6. The molecule has 0 saturated heterocycles. The minimum absolute atomic E-state index is 0.184. The van der Waals surface area contributed by atoms with Crippen molar-refractivity contribution in [2.45, 2.75) is 296 Å². The van der Waals surface area contributed by atoms with E-state index >= 15 is 0 Å². The number of aliphatic carboxylic acids is 1. The van der Waals surface area contributed by atoms with Gasteiger partial charge in [0, 0.05) is 12.8 Å². The average Bonchev–Trinajstić information content (AvgIpc) is 3.44. The number of carbonyl (C=O) groups excluding carboxylic acids is 2. The summed E-state index contributed by atoms with van der Waals surface area (Å²) in [6, 6.07) is 0. The van der Waals surface area contributed by atoms with E-state index in [4.69, 9.17) is 18.9 Å². The molecule has 466 valence electrons. The molecule has 0 aromatic rings. The lowest BCUT2D eigenvalue weighted by atomic mass is 10.0. The lowest BCUT2D eigenvalue weighted by molar-refractivity contribution is -0.870. The van der Waals surface area contributed by atoms with Crippen molar-refractivity contribution in [2.24, 2.45) is 0 Å². The van der Waals surface area contributed by atoms with Gasteiger partial charge in [-0.3, -0.25) is 9.59 Å². The van der Waals surface area contributed by atoms with Crippen LogP contribution in [0.25, 0.3) is 0 Å². The fraction of sp³-hybridized carbons (Fsp3) is 0.736. The number of ether oxygens (including phenoxy) is 4. The van der Waals surface area contributed by atoms with E-state index in [0.29, 0.717) is 23.9 Å². The summed E-state index contributed by atoms with van der Waals surface area (Å²) in [7, 11) is 5.97. The van der Waals surface area contributed by atoms with E-state index in [-0.39, 0.29) is 32.2 Å². The molecule has 81 heavy (non-hydrogen) atoms. The summed E-state index contributed by atoms with van der Waals surface area (Å²) < 4.78 is 23.0. The van der Waals surface area contributed by atoms with Gasteiger partial charge in [0.2, 0.25) is 0 Å². The molecule has 0 rings (SSSR count). The van der Waals surface area contributed by atoms with Gasteiger partial charge < -0.3 is 28.5 Å². The monoisotopic (exact) mass is 1130 g/mol.